The third-order valence-electron chi connectivity index (χ3n) is 0. The summed E-state index contributed by atoms with van der Waals surface area (Å²) in [6.45, 7) is 0. The first-order valence-electron chi connectivity index (χ1n) is 0. The molecule has 0 bridgehead atoms. The first-order valence-corrected chi connectivity index (χ1v) is 0. The fraction of sp³-hybridized carbons (Fsp3) is 0. The number of hydrogen-bond donors (Lipinski definition) is 0. The van der Waals surface area contributed by atoms with E-state index in [1.807, 2.05) is 0 Å². The van der Waals surface area contributed by atoms with E-state index in [2.05, 4.69) is 0 Å². The second kappa shape index (κ2) is 87.7. The summed E-state index contributed by atoms with van der Waals surface area (Å²) in [6, 6.07) is 0. The second-order valence-electron chi connectivity index (χ2n) is 0. The van der Waals surface area contributed by atoms with Crippen LogP contribution in [-0.2, 0) is 0 Å². The largest absolute Gasteiger partial charge is 2.00 e. The summed E-state index contributed by atoms with van der Waals surface area (Å²) in [6.07, 6.45) is 0. The first kappa shape index (κ1) is 128. The molecule has 0 unspecified atom stereocenters. The fourth-order valence-electron chi connectivity index (χ4n) is 0. The van der Waals surface area contributed by atoms with Crippen LogP contribution in [0.2, 0.25) is 0 Å². The van der Waals surface area contributed by atoms with E-state index >= 15 is 0 Å². The van der Waals surface area contributed by atoms with Crippen LogP contribution < -0.4 is 48.4 Å². The molecule has 0 atom stereocenters. The summed E-state index contributed by atoms with van der Waals surface area (Å²) in [7, 11) is 0. The molecular weight excluding hydrogens is 118 g/mol. The van der Waals surface area contributed by atoms with E-state index in [4.69, 9.17) is 0 Å². The maximum atomic E-state index is 0. The molecule has 4 N–H and O–H groups in total. The van der Waals surface area contributed by atoms with Gasteiger partial charge in [0.05, 0.1) is 0 Å². The molecular formula is H4LiMgNaO4. The van der Waals surface area contributed by atoms with E-state index in [-0.39, 0.29) is 93.4 Å². The van der Waals surface area contributed by atoms with Gasteiger partial charge in [0.25, 0.3) is 0 Å². The summed E-state index contributed by atoms with van der Waals surface area (Å²) in [5, 5.41) is 0. The Morgan fingerprint density at radius 2 is 0.571 bits per heavy atom. The van der Waals surface area contributed by atoms with Crippen LogP contribution in [0.25, 0.3) is 0 Å². The van der Waals surface area contributed by atoms with Crippen molar-refractivity contribution in [3.8, 4) is 0 Å². The molecule has 0 aromatic rings. The first-order chi connectivity index (χ1) is 0. The van der Waals surface area contributed by atoms with E-state index in [0.29, 0.717) is 0 Å². The Morgan fingerprint density at radius 1 is 0.571 bits per heavy atom. The molecule has 0 saturated carbocycles. The average molecular weight is 122 g/mol. The molecule has 0 aromatic carbocycles. The van der Waals surface area contributed by atoms with Crippen molar-refractivity contribution in [2.24, 2.45) is 0 Å². The van der Waals surface area contributed by atoms with Crippen molar-refractivity contribution in [1.29, 1.82) is 0 Å². The summed E-state index contributed by atoms with van der Waals surface area (Å²) < 4.78 is 0. The van der Waals surface area contributed by atoms with Gasteiger partial charge >= 0.3 is 71.5 Å². The predicted molar refractivity (Wildman–Crippen MR) is 13.5 cm³/mol. The van der Waals surface area contributed by atoms with Crippen molar-refractivity contribution >= 4 is 23.1 Å². The molecule has 7 heteroatoms. The Labute approximate surface area is 92.3 Å². The van der Waals surface area contributed by atoms with Gasteiger partial charge in [-0.05, 0) is 0 Å². The van der Waals surface area contributed by atoms with Gasteiger partial charge in [-0.3, -0.25) is 0 Å². The monoisotopic (exact) mass is 122 g/mol. The van der Waals surface area contributed by atoms with Crippen LogP contribution in [0.1, 0.15) is 0 Å². The van der Waals surface area contributed by atoms with E-state index in [0.717, 1.165) is 0 Å². The Hall–Kier alpha value is 2.20. The van der Waals surface area contributed by atoms with Crippen molar-refractivity contribution in [2.75, 3.05) is 0 Å². The summed E-state index contributed by atoms with van der Waals surface area (Å²) in [5.41, 5.74) is 0. The number of rotatable bonds is 0. The molecule has 0 amide bonds. The van der Waals surface area contributed by atoms with Gasteiger partial charge in [-0.2, -0.15) is 0 Å². The van der Waals surface area contributed by atoms with E-state index in [1.54, 1.807) is 0 Å². The van der Waals surface area contributed by atoms with Crippen LogP contribution in [0.5, 0.6) is 0 Å². The van der Waals surface area contributed by atoms with Gasteiger partial charge in [0.1, 0.15) is 0 Å². The normalized spacial score (nSPS) is 0. The molecule has 7 heavy (non-hydrogen) atoms. The van der Waals surface area contributed by atoms with Crippen molar-refractivity contribution in [3.63, 3.8) is 0 Å². The molecule has 0 rings (SSSR count). The molecule has 0 heterocycles. The van der Waals surface area contributed by atoms with Crippen LogP contribution in [0.4, 0.5) is 0 Å². The quantitative estimate of drug-likeness (QED) is 0.296. The molecule has 0 aliphatic heterocycles. The Balaban J connectivity index is 0. The zero-order valence-electron chi connectivity index (χ0n) is 4.50. The van der Waals surface area contributed by atoms with Crippen LogP contribution in [0.15, 0.2) is 0 Å². The molecule has 0 aliphatic carbocycles. The Kier molecular flexibility index (Phi) is 1600. The molecule has 4 nitrogen and oxygen atoms in total. The second-order valence-corrected chi connectivity index (χ2v) is 0. The third-order valence-corrected chi connectivity index (χ3v) is 0. The molecule has 0 radical (unpaired) electrons. The van der Waals surface area contributed by atoms with E-state index in [9.17, 15) is 0 Å². The molecule has 32 valence electrons. The molecule has 0 fully saturated rings. The van der Waals surface area contributed by atoms with Gasteiger partial charge in [0.15, 0.2) is 0 Å². The van der Waals surface area contributed by atoms with Crippen LogP contribution in [0, 0.1) is 0 Å². The van der Waals surface area contributed by atoms with Gasteiger partial charge in [0, 0.05) is 0 Å². The minimum atomic E-state index is 0. The third kappa shape index (κ3) is 65.0. The van der Waals surface area contributed by atoms with Crippen molar-refractivity contribution < 1.29 is 70.3 Å². The minimum Gasteiger partial charge on any atom is -0.870 e. The van der Waals surface area contributed by atoms with E-state index < -0.39 is 0 Å². The Bertz CT molecular complexity index is 11.7. The molecule has 0 saturated heterocycles. The zero-order valence-corrected chi connectivity index (χ0v) is 7.91. The minimum absolute atomic E-state index is 0. The fourth-order valence-corrected chi connectivity index (χ4v) is 0. The summed E-state index contributed by atoms with van der Waals surface area (Å²) in [5.74, 6) is 0. The van der Waals surface area contributed by atoms with Gasteiger partial charge in [-0.1, -0.05) is 0 Å². The maximum Gasteiger partial charge on any atom is 2.00 e. The zero-order chi connectivity index (χ0) is 0. The molecule has 0 aromatic heterocycles. The van der Waals surface area contributed by atoms with Crippen molar-refractivity contribution in [3.05, 3.63) is 0 Å². The van der Waals surface area contributed by atoms with Crippen molar-refractivity contribution in [1.82, 2.24) is 0 Å². The smallest absolute Gasteiger partial charge is 0.870 e. The molecule has 0 aliphatic rings. The van der Waals surface area contributed by atoms with Gasteiger partial charge in [-0.15, -0.1) is 0 Å². The van der Waals surface area contributed by atoms with Crippen molar-refractivity contribution in [2.45, 2.75) is 0 Å². The van der Waals surface area contributed by atoms with Crippen LogP contribution in [-0.4, -0.2) is 45.0 Å². The van der Waals surface area contributed by atoms with Gasteiger partial charge in [-0.25, -0.2) is 0 Å². The molecule has 0 spiro atoms. The van der Waals surface area contributed by atoms with Crippen LogP contribution >= 0.6 is 0 Å². The average Bonchev–Trinajstić information content (AvgIpc) is 0. The predicted octanol–water partition coefficient (Wildman–Crippen LogP) is -7.08. The standard InChI is InChI=1S/Li.Mg.Na.4H2O/h;;;4*1H2/q+1;+2;+1;;;;/p-4. The SMILES string of the molecule is [Li+].[Mg+2].[Na+].[OH-].[OH-].[OH-].[OH-]. The summed E-state index contributed by atoms with van der Waals surface area (Å²) in [4.78, 5) is 0. The van der Waals surface area contributed by atoms with E-state index in [1.165, 1.54) is 0 Å². The Morgan fingerprint density at radius 3 is 0.571 bits per heavy atom. The maximum absolute atomic E-state index is 0. The topological polar surface area (TPSA) is 120 Å². The number of hydrogen-bond acceptors (Lipinski definition) is 4. The van der Waals surface area contributed by atoms with Gasteiger partial charge in [0.2, 0.25) is 0 Å². The summed E-state index contributed by atoms with van der Waals surface area (Å²) >= 11 is 0. The van der Waals surface area contributed by atoms with Gasteiger partial charge < -0.3 is 21.9 Å². The van der Waals surface area contributed by atoms with Crippen LogP contribution in [0.3, 0.4) is 0 Å².